The molecule has 28 heavy (non-hydrogen) atoms. The molecule has 7 nitrogen and oxygen atoms in total. The molecule has 0 spiro atoms. The van der Waals surface area contributed by atoms with Crippen LogP contribution in [0.2, 0.25) is 5.02 Å². The molecule has 0 amide bonds. The van der Waals surface area contributed by atoms with Crippen LogP contribution in [0.25, 0.3) is 0 Å². The molecule has 3 aromatic rings. The number of aryl methyl sites for hydroxylation is 2. The summed E-state index contributed by atoms with van der Waals surface area (Å²) in [5, 5.41) is 15.3. The number of halogens is 1. The number of anilines is 1. The number of hydrogen-bond donors (Lipinski definition) is 1. The Balaban J connectivity index is 1.76. The number of rotatable bonds is 9. The van der Waals surface area contributed by atoms with Crippen molar-refractivity contribution in [1.29, 1.82) is 0 Å². The molecule has 0 aliphatic rings. The van der Waals surface area contributed by atoms with Crippen LogP contribution in [-0.4, -0.2) is 26.8 Å². The summed E-state index contributed by atoms with van der Waals surface area (Å²) in [6.07, 6.45) is 0. The van der Waals surface area contributed by atoms with E-state index in [9.17, 15) is 0 Å². The summed E-state index contributed by atoms with van der Waals surface area (Å²) >= 11 is 6.52. The summed E-state index contributed by atoms with van der Waals surface area (Å²) in [4.78, 5) is 0. The van der Waals surface area contributed by atoms with E-state index in [1.807, 2.05) is 44.2 Å². The molecule has 0 atom stereocenters. The predicted molar refractivity (Wildman–Crippen MR) is 109 cm³/mol. The monoisotopic (exact) mass is 401 g/mol. The van der Waals surface area contributed by atoms with Gasteiger partial charge in [-0.2, -0.15) is 0 Å². The van der Waals surface area contributed by atoms with Gasteiger partial charge in [-0.15, -0.1) is 0 Å². The minimum atomic E-state index is 0.426. The van der Waals surface area contributed by atoms with E-state index in [1.165, 1.54) is 5.56 Å². The molecule has 1 heterocycles. The smallest absolute Gasteiger partial charge is 0.243 e. The van der Waals surface area contributed by atoms with Gasteiger partial charge in [0.2, 0.25) is 5.95 Å². The zero-order chi connectivity index (χ0) is 19.9. The third-order valence-electron chi connectivity index (χ3n) is 4.28. The van der Waals surface area contributed by atoms with E-state index in [0.29, 0.717) is 48.8 Å². The number of tetrazole rings is 1. The highest BCUT2D eigenvalue weighted by Crippen LogP contribution is 2.37. The molecule has 0 radical (unpaired) electrons. The fourth-order valence-electron chi connectivity index (χ4n) is 2.77. The third-order valence-corrected chi connectivity index (χ3v) is 4.57. The first-order valence-corrected chi connectivity index (χ1v) is 9.62. The van der Waals surface area contributed by atoms with E-state index in [4.69, 9.17) is 21.1 Å². The van der Waals surface area contributed by atoms with E-state index < -0.39 is 0 Å². The summed E-state index contributed by atoms with van der Waals surface area (Å²) in [6, 6.07) is 11.9. The van der Waals surface area contributed by atoms with Crippen LogP contribution in [0.3, 0.4) is 0 Å². The van der Waals surface area contributed by atoms with Gasteiger partial charge in [-0.25, -0.2) is 4.68 Å². The highest BCUT2D eigenvalue weighted by Gasteiger charge is 2.14. The summed E-state index contributed by atoms with van der Waals surface area (Å²) in [6.45, 7) is 8.11. The minimum Gasteiger partial charge on any atom is -0.490 e. The van der Waals surface area contributed by atoms with E-state index in [2.05, 4.69) is 33.8 Å². The van der Waals surface area contributed by atoms with Gasteiger partial charge in [0.25, 0.3) is 0 Å². The van der Waals surface area contributed by atoms with Crippen molar-refractivity contribution in [3.8, 4) is 11.5 Å². The molecule has 3 rings (SSSR count). The predicted octanol–water partition coefficient (Wildman–Crippen LogP) is 4.24. The topological polar surface area (TPSA) is 74.1 Å². The van der Waals surface area contributed by atoms with Gasteiger partial charge in [-0.3, -0.25) is 0 Å². The molecule has 1 aromatic heterocycles. The Hall–Kier alpha value is -2.80. The second-order valence-corrected chi connectivity index (χ2v) is 6.63. The standard InChI is InChI=1S/C20H24ClN5O2/c1-4-26-20(23-24-25-26)22-12-15-10-17(21)19(18(11-15)27-5-2)28-13-16-9-7-6-8-14(16)3/h6-11H,4-5,12-13H2,1-3H3,(H,22,23,25). The Morgan fingerprint density at radius 2 is 1.96 bits per heavy atom. The normalized spacial score (nSPS) is 10.7. The van der Waals surface area contributed by atoms with Crippen molar-refractivity contribution in [2.45, 2.75) is 40.5 Å². The van der Waals surface area contributed by atoms with Crippen molar-refractivity contribution in [2.24, 2.45) is 0 Å². The number of nitrogens with one attached hydrogen (secondary N) is 1. The third kappa shape index (κ3) is 4.72. The van der Waals surface area contributed by atoms with Crippen LogP contribution >= 0.6 is 11.6 Å². The summed E-state index contributed by atoms with van der Waals surface area (Å²) in [5.74, 6) is 1.78. The Kier molecular flexibility index (Phi) is 6.71. The quantitative estimate of drug-likeness (QED) is 0.578. The lowest BCUT2D eigenvalue weighted by Gasteiger charge is -2.16. The van der Waals surface area contributed by atoms with Gasteiger partial charge < -0.3 is 14.8 Å². The van der Waals surface area contributed by atoms with E-state index in [-0.39, 0.29) is 0 Å². The lowest BCUT2D eigenvalue weighted by atomic mass is 10.1. The maximum Gasteiger partial charge on any atom is 0.243 e. The van der Waals surface area contributed by atoms with Crippen LogP contribution in [0.4, 0.5) is 5.95 Å². The lowest BCUT2D eigenvalue weighted by Crippen LogP contribution is -2.08. The van der Waals surface area contributed by atoms with Crippen molar-refractivity contribution in [3.05, 3.63) is 58.1 Å². The Morgan fingerprint density at radius 1 is 1.14 bits per heavy atom. The summed E-state index contributed by atoms with van der Waals surface area (Å²) < 4.78 is 13.5. The first-order valence-electron chi connectivity index (χ1n) is 9.24. The lowest BCUT2D eigenvalue weighted by molar-refractivity contribution is 0.269. The zero-order valence-corrected chi connectivity index (χ0v) is 17.0. The van der Waals surface area contributed by atoms with Gasteiger partial charge in [0.15, 0.2) is 11.5 Å². The van der Waals surface area contributed by atoms with Crippen LogP contribution < -0.4 is 14.8 Å². The van der Waals surface area contributed by atoms with Crippen molar-refractivity contribution in [2.75, 3.05) is 11.9 Å². The molecule has 2 aromatic carbocycles. The van der Waals surface area contributed by atoms with Crippen molar-refractivity contribution in [1.82, 2.24) is 20.2 Å². The minimum absolute atomic E-state index is 0.426. The van der Waals surface area contributed by atoms with Gasteiger partial charge in [0, 0.05) is 13.1 Å². The molecular formula is C20H24ClN5O2. The molecule has 148 valence electrons. The van der Waals surface area contributed by atoms with Crippen molar-refractivity contribution in [3.63, 3.8) is 0 Å². The van der Waals surface area contributed by atoms with Gasteiger partial charge in [0.1, 0.15) is 6.61 Å². The maximum atomic E-state index is 6.52. The molecule has 1 N–H and O–H groups in total. The fourth-order valence-corrected chi connectivity index (χ4v) is 3.06. The number of aromatic nitrogens is 4. The average molecular weight is 402 g/mol. The number of ether oxygens (including phenoxy) is 2. The van der Waals surface area contributed by atoms with Crippen molar-refractivity contribution < 1.29 is 9.47 Å². The molecule has 8 heteroatoms. The first-order chi connectivity index (χ1) is 13.6. The highest BCUT2D eigenvalue weighted by atomic mass is 35.5. The van der Waals surface area contributed by atoms with Gasteiger partial charge in [-0.05, 0) is 60.0 Å². The van der Waals surface area contributed by atoms with Crippen LogP contribution in [0, 0.1) is 6.92 Å². The van der Waals surface area contributed by atoms with Gasteiger partial charge in [-0.1, -0.05) is 41.0 Å². The molecule has 0 saturated heterocycles. The Morgan fingerprint density at radius 3 is 2.71 bits per heavy atom. The molecule has 0 aliphatic carbocycles. The number of benzene rings is 2. The second kappa shape index (κ2) is 9.41. The van der Waals surface area contributed by atoms with Gasteiger partial charge in [0.05, 0.1) is 11.6 Å². The number of hydrogen-bond acceptors (Lipinski definition) is 6. The maximum absolute atomic E-state index is 6.52. The largest absolute Gasteiger partial charge is 0.490 e. The van der Waals surface area contributed by atoms with E-state index in [1.54, 1.807) is 4.68 Å². The molecule has 0 aliphatic heterocycles. The van der Waals surface area contributed by atoms with Crippen LogP contribution in [0.15, 0.2) is 36.4 Å². The molecular weight excluding hydrogens is 378 g/mol. The van der Waals surface area contributed by atoms with Gasteiger partial charge >= 0.3 is 0 Å². The fraction of sp³-hybridized carbons (Fsp3) is 0.350. The summed E-state index contributed by atoms with van der Waals surface area (Å²) in [5.41, 5.74) is 3.23. The summed E-state index contributed by atoms with van der Waals surface area (Å²) in [7, 11) is 0. The van der Waals surface area contributed by atoms with Crippen LogP contribution in [0.5, 0.6) is 11.5 Å². The van der Waals surface area contributed by atoms with E-state index >= 15 is 0 Å². The van der Waals surface area contributed by atoms with Crippen LogP contribution in [0.1, 0.15) is 30.5 Å². The second-order valence-electron chi connectivity index (χ2n) is 6.22. The first kappa shape index (κ1) is 19.9. The number of nitrogens with zero attached hydrogens (tertiary/aromatic N) is 4. The van der Waals surface area contributed by atoms with E-state index in [0.717, 1.165) is 11.1 Å². The average Bonchev–Trinajstić information content (AvgIpc) is 3.15. The Labute approximate surface area is 169 Å². The molecule has 0 bridgehead atoms. The SMILES string of the molecule is CCOc1cc(CNc2nnnn2CC)cc(Cl)c1OCc1ccccc1C. The molecule has 0 fully saturated rings. The molecule has 0 saturated carbocycles. The van der Waals surface area contributed by atoms with Crippen LogP contribution in [-0.2, 0) is 19.7 Å². The van der Waals surface area contributed by atoms with Crippen molar-refractivity contribution >= 4 is 17.5 Å². The zero-order valence-electron chi connectivity index (χ0n) is 16.3. The highest BCUT2D eigenvalue weighted by molar-refractivity contribution is 6.32. The Bertz CT molecular complexity index is 929. The molecule has 0 unspecified atom stereocenters.